The first kappa shape index (κ1) is 20.8. The number of aryl methyl sites for hydroxylation is 1. The number of nitrogens with zero attached hydrogens (tertiary/aromatic N) is 1. The molecular formula is C23H27FN2O3. The van der Waals surface area contributed by atoms with Crippen LogP contribution in [0.3, 0.4) is 0 Å². The Labute approximate surface area is 170 Å². The van der Waals surface area contributed by atoms with Crippen LogP contribution in [0.2, 0.25) is 0 Å². The lowest BCUT2D eigenvalue weighted by Gasteiger charge is -2.32. The third-order valence-corrected chi connectivity index (χ3v) is 5.23. The molecule has 6 heteroatoms. The quantitative estimate of drug-likeness (QED) is 0.776. The molecule has 0 aliphatic carbocycles. The fraction of sp³-hybridized carbons (Fsp3) is 0.391. The molecule has 0 aromatic heterocycles. The molecule has 0 spiro atoms. The lowest BCUT2D eigenvalue weighted by molar-refractivity contribution is -0.123. The summed E-state index contributed by atoms with van der Waals surface area (Å²) in [6.07, 6.45) is 2.69. The highest BCUT2D eigenvalue weighted by atomic mass is 19.1. The molecule has 29 heavy (non-hydrogen) atoms. The maximum absolute atomic E-state index is 13.0. The molecule has 2 aromatic carbocycles. The van der Waals surface area contributed by atoms with E-state index in [4.69, 9.17) is 4.74 Å². The molecule has 0 atom stereocenters. The minimum absolute atomic E-state index is 0.00801. The van der Waals surface area contributed by atoms with Gasteiger partial charge in [-0.25, -0.2) is 4.39 Å². The van der Waals surface area contributed by atoms with Gasteiger partial charge in [0.25, 0.3) is 11.8 Å². The molecule has 1 aliphatic rings. The van der Waals surface area contributed by atoms with Crippen molar-refractivity contribution in [3.8, 4) is 5.75 Å². The third kappa shape index (κ3) is 6.31. The topological polar surface area (TPSA) is 58.6 Å². The van der Waals surface area contributed by atoms with Crippen LogP contribution in [-0.4, -0.2) is 43.0 Å². The van der Waals surface area contributed by atoms with Crippen LogP contribution in [0.25, 0.3) is 0 Å². The first-order chi connectivity index (χ1) is 14.0. The highest BCUT2D eigenvalue weighted by molar-refractivity contribution is 5.94. The number of carbonyl (C=O) groups excluding carboxylic acids is 2. The summed E-state index contributed by atoms with van der Waals surface area (Å²) in [7, 11) is 0. The van der Waals surface area contributed by atoms with Crippen molar-refractivity contribution in [2.24, 2.45) is 5.92 Å². The van der Waals surface area contributed by atoms with E-state index in [-0.39, 0.29) is 24.2 Å². The molecule has 0 radical (unpaired) electrons. The summed E-state index contributed by atoms with van der Waals surface area (Å²) in [5.74, 6) is 0.649. The second-order valence-corrected chi connectivity index (χ2v) is 7.49. The van der Waals surface area contributed by atoms with Crippen molar-refractivity contribution in [3.63, 3.8) is 0 Å². The maximum atomic E-state index is 13.0. The van der Waals surface area contributed by atoms with E-state index in [0.29, 0.717) is 36.9 Å². The molecule has 1 fully saturated rings. The molecule has 154 valence electrons. The van der Waals surface area contributed by atoms with Crippen LogP contribution in [0.4, 0.5) is 4.39 Å². The number of halogens is 1. The lowest BCUT2D eigenvalue weighted by atomic mass is 9.93. The van der Waals surface area contributed by atoms with E-state index in [0.717, 1.165) is 24.8 Å². The predicted molar refractivity (Wildman–Crippen MR) is 109 cm³/mol. The molecule has 5 nitrogen and oxygen atoms in total. The van der Waals surface area contributed by atoms with Gasteiger partial charge in [0, 0.05) is 25.2 Å². The van der Waals surface area contributed by atoms with Gasteiger partial charge in [-0.05, 0) is 74.1 Å². The number of ether oxygens (including phenoxy) is 1. The van der Waals surface area contributed by atoms with Gasteiger partial charge in [-0.15, -0.1) is 0 Å². The van der Waals surface area contributed by atoms with Gasteiger partial charge in [-0.3, -0.25) is 9.59 Å². The van der Waals surface area contributed by atoms with Crippen molar-refractivity contribution in [1.82, 2.24) is 10.2 Å². The zero-order valence-electron chi connectivity index (χ0n) is 16.7. The number of benzene rings is 2. The Bertz CT molecular complexity index is 830. The zero-order chi connectivity index (χ0) is 20.6. The Morgan fingerprint density at radius 3 is 2.55 bits per heavy atom. The Morgan fingerprint density at radius 2 is 1.86 bits per heavy atom. The number of rotatable bonds is 7. The van der Waals surface area contributed by atoms with E-state index in [1.54, 1.807) is 0 Å². The Morgan fingerprint density at radius 1 is 1.14 bits per heavy atom. The van der Waals surface area contributed by atoms with Gasteiger partial charge in [-0.2, -0.15) is 0 Å². The van der Waals surface area contributed by atoms with Crippen molar-refractivity contribution in [2.45, 2.75) is 26.2 Å². The third-order valence-electron chi connectivity index (χ3n) is 5.23. The average molecular weight is 398 g/mol. The molecule has 1 heterocycles. The lowest BCUT2D eigenvalue weighted by Crippen LogP contribution is -2.39. The van der Waals surface area contributed by atoms with E-state index < -0.39 is 0 Å². The van der Waals surface area contributed by atoms with Gasteiger partial charge in [0.05, 0.1) is 0 Å². The summed E-state index contributed by atoms with van der Waals surface area (Å²) < 4.78 is 18.5. The number of hydrogen-bond donors (Lipinski definition) is 1. The van der Waals surface area contributed by atoms with Gasteiger partial charge in [0.2, 0.25) is 0 Å². The van der Waals surface area contributed by atoms with E-state index in [1.165, 1.54) is 24.3 Å². The number of likely N-dealkylation sites (tertiary alicyclic amines) is 1. The fourth-order valence-electron chi connectivity index (χ4n) is 3.52. The summed E-state index contributed by atoms with van der Waals surface area (Å²) >= 11 is 0. The van der Waals surface area contributed by atoms with Gasteiger partial charge < -0.3 is 15.0 Å². The van der Waals surface area contributed by atoms with Crippen molar-refractivity contribution in [2.75, 3.05) is 26.2 Å². The predicted octanol–water partition coefficient (Wildman–Crippen LogP) is 3.57. The van der Waals surface area contributed by atoms with E-state index in [9.17, 15) is 14.0 Å². The molecule has 0 bridgehead atoms. The van der Waals surface area contributed by atoms with Crippen LogP contribution >= 0.6 is 0 Å². The SMILES string of the molecule is Cc1cccc(OCC(=O)NCCC2CCN(C(=O)c3ccc(F)cc3)CC2)c1. The Balaban J connectivity index is 1.33. The van der Waals surface area contributed by atoms with Crippen molar-refractivity contribution < 1.29 is 18.7 Å². The highest BCUT2D eigenvalue weighted by Crippen LogP contribution is 2.21. The Hall–Kier alpha value is -2.89. The summed E-state index contributed by atoms with van der Waals surface area (Å²) in [5, 5.41) is 2.90. The second kappa shape index (κ2) is 10.0. The van der Waals surface area contributed by atoms with Gasteiger partial charge in [-0.1, -0.05) is 12.1 Å². The first-order valence-corrected chi connectivity index (χ1v) is 10.0. The minimum Gasteiger partial charge on any atom is -0.484 e. The minimum atomic E-state index is -0.341. The van der Waals surface area contributed by atoms with Crippen molar-refractivity contribution >= 4 is 11.8 Å². The van der Waals surface area contributed by atoms with Gasteiger partial charge >= 0.3 is 0 Å². The van der Waals surface area contributed by atoms with E-state index >= 15 is 0 Å². The van der Waals surface area contributed by atoms with Gasteiger partial charge in [0.15, 0.2) is 6.61 Å². The molecule has 3 rings (SSSR count). The summed E-state index contributed by atoms with van der Waals surface area (Å²) in [5.41, 5.74) is 1.61. The fourth-order valence-corrected chi connectivity index (χ4v) is 3.52. The zero-order valence-corrected chi connectivity index (χ0v) is 16.7. The van der Waals surface area contributed by atoms with Crippen LogP contribution in [-0.2, 0) is 4.79 Å². The van der Waals surface area contributed by atoms with Crippen LogP contribution in [0, 0.1) is 18.7 Å². The summed E-state index contributed by atoms with van der Waals surface area (Å²) in [6.45, 7) is 3.96. The smallest absolute Gasteiger partial charge is 0.257 e. The molecule has 2 aromatic rings. The molecule has 2 amide bonds. The normalized spacial score (nSPS) is 14.5. The molecule has 1 saturated heterocycles. The standard InChI is InChI=1S/C23H27FN2O3/c1-17-3-2-4-21(15-17)29-16-22(27)25-12-9-18-10-13-26(14-11-18)23(28)19-5-7-20(24)8-6-19/h2-8,15,18H,9-14,16H2,1H3,(H,25,27). The number of amides is 2. The second-order valence-electron chi connectivity index (χ2n) is 7.49. The monoisotopic (exact) mass is 398 g/mol. The largest absolute Gasteiger partial charge is 0.484 e. The molecule has 1 aliphatic heterocycles. The molecule has 0 unspecified atom stereocenters. The highest BCUT2D eigenvalue weighted by Gasteiger charge is 2.23. The first-order valence-electron chi connectivity index (χ1n) is 10.0. The van der Waals surface area contributed by atoms with Crippen molar-refractivity contribution in [1.29, 1.82) is 0 Å². The molecular weight excluding hydrogens is 371 g/mol. The van der Waals surface area contributed by atoms with E-state index in [2.05, 4.69) is 5.32 Å². The van der Waals surface area contributed by atoms with Crippen LogP contribution in [0.15, 0.2) is 48.5 Å². The van der Waals surface area contributed by atoms with E-state index in [1.807, 2.05) is 36.1 Å². The maximum Gasteiger partial charge on any atom is 0.257 e. The van der Waals surface area contributed by atoms with Crippen LogP contribution in [0.1, 0.15) is 35.2 Å². The van der Waals surface area contributed by atoms with Crippen molar-refractivity contribution in [3.05, 3.63) is 65.5 Å². The molecule has 1 N–H and O–H groups in total. The summed E-state index contributed by atoms with van der Waals surface area (Å²) in [4.78, 5) is 26.2. The van der Waals surface area contributed by atoms with Crippen LogP contribution in [0.5, 0.6) is 5.75 Å². The number of carbonyl (C=O) groups is 2. The summed E-state index contributed by atoms with van der Waals surface area (Å²) in [6, 6.07) is 13.3. The van der Waals surface area contributed by atoms with Gasteiger partial charge in [0.1, 0.15) is 11.6 Å². The Kier molecular flexibility index (Phi) is 7.22. The number of nitrogens with one attached hydrogen (secondary N) is 1. The number of piperidine rings is 1. The average Bonchev–Trinajstić information content (AvgIpc) is 2.73. The van der Waals surface area contributed by atoms with Crippen LogP contribution < -0.4 is 10.1 Å². The molecule has 0 saturated carbocycles. The number of hydrogen-bond acceptors (Lipinski definition) is 3.